The van der Waals surface area contributed by atoms with Crippen molar-refractivity contribution in [2.45, 2.75) is 101 Å². The highest BCUT2D eigenvalue weighted by Crippen LogP contribution is 2.38. The number of carbonyl (C=O) groups excluding carboxylic acids is 1. The van der Waals surface area contributed by atoms with E-state index >= 15 is 0 Å². The van der Waals surface area contributed by atoms with Crippen molar-refractivity contribution in [3.63, 3.8) is 0 Å². The van der Waals surface area contributed by atoms with Gasteiger partial charge in [-0.25, -0.2) is 13.6 Å². The van der Waals surface area contributed by atoms with Gasteiger partial charge in [-0.05, 0) is 66.3 Å². The Balaban J connectivity index is 1.52. The van der Waals surface area contributed by atoms with Crippen LogP contribution in [0.3, 0.4) is 0 Å². The van der Waals surface area contributed by atoms with Crippen molar-refractivity contribution < 1.29 is 18.7 Å². The molecule has 2 unspecified atom stereocenters. The van der Waals surface area contributed by atoms with Gasteiger partial charge in [0.2, 0.25) is 0 Å². The van der Waals surface area contributed by atoms with Gasteiger partial charge >= 0.3 is 6.03 Å². The first-order valence-electron chi connectivity index (χ1n) is 13.6. The summed E-state index contributed by atoms with van der Waals surface area (Å²) in [5.74, 6) is -1.35. The molecule has 202 valence electrons. The standard InChI is InChI=1S/C30H41F2N3O2/c1-29(2,3)21-8-7-9-22(17-21)30(12-5-4-6-13-30)33-19-27(36)26(35-28(37)34-25-10-11-25)16-20-14-23(31)18-24(32)15-20/h7-9,14-15,17-18,25-27,33,36H,4-6,10-13,16,19H2,1-3H3,(H2,34,35,37). The van der Waals surface area contributed by atoms with Crippen molar-refractivity contribution in [2.24, 2.45) is 0 Å². The lowest BCUT2D eigenvalue weighted by molar-refractivity contribution is 0.106. The zero-order valence-corrected chi connectivity index (χ0v) is 22.2. The van der Waals surface area contributed by atoms with Crippen molar-refractivity contribution in [1.82, 2.24) is 16.0 Å². The molecule has 7 heteroatoms. The lowest BCUT2D eigenvalue weighted by Gasteiger charge is -2.41. The van der Waals surface area contributed by atoms with Crippen molar-refractivity contribution in [3.05, 3.63) is 70.8 Å². The number of amides is 2. The predicted molar refractivity (Wildman–Crippen MR) is 142 cm³/mol. The molecule has 2 aliphatic carbocycles. The molecule has 2 amide bonds. The van der Waals surface area contributed by atoms with Crippen molar-refractivity contribution in [1.29, 1.82) is 0 Å². The number of aliphatic hydroxyl groups excluding tert-OH is 1. The van der Waals surface area contributed by atoms with Crippen LogP contribution in [-0.2, 0) is 17.4 Å². The molecule has 0 spiro atoms. The van der Waals surface area contributed by atoms with Gasteiger partial charge in [0.25, 0.3) is 0 Å². The molecule has 2 aromatic carbocycles. The van der Waals surface area contributed by atoms with Gasteiger partial charge in [-0.2, -0.15) is 0 Å². The molecule has 4 rings (SSSR count). The Morgan fingerprint density at radius 1 is 1.05 bits per heavy atom. The SMILES string of the molecule is CC(C)(C)c1cccc(C2(NCC(O)C(Cc3cc(F)cc(F)c3)NC(=O)NC3CC3)CCCCC2)c1. The Labute approximate surface area is 219 Å². The maximum atomic E-state index is 13.9. The molecule has 0 radical (unpaired) electrons. The maximum Gasteiger partial charge on any atom is 0.315 e. The van der Waals surface area contributed by atoms with Crippen LogP contribution in [0.4, 0.5) is 13.6 Å². The van der Waals surface area contributed by atoms with Crippen LogP contribution >= 0.6 is 0 Å². The number of nitrogens with one attached hydrogen (secondary N) is 3. The second kappa shape index (κ2) is 11.5. The van der Waals surface area contributed by atoms with E-state index < -0.39 is 23.8 Å². The van der Waals surface area contributed by atoms with Crippen LogP contribution in [0.2, 0.25) is 0 Å². The van der Waals surface area contributed by atoms with E-state index in [0.717, 1.165) is 44.6 Å². The molecule has 37 heavy (non-hydrogen) atoms. The first-order chi connectivity index (χ1) is 17.5. The summed E-state index contributed by atoms with van der Waals surface area (Å²) in [6, 6.07) is 11.1. The molecule has 2 atom stereocenters. The predicted octanol–water partition coefficient (Wildman–Crippen LogP) is 5.45. The Hall–Kier alpha value is -2.51. The van der Waals surface area contributed by atoms with Gasteiger partial charge in [0, 0.05) is 24.2 Å². The average Bonchev–Trinajstić information content (AvgIpc) is 3.65. The third-order valence-corrected chi connectivity index (χ3v) is 7.71. The topological polar surface area (TPSA) is 73.4 Å². The number of carbonyl (C=O) groups is 1. The molecular formula is C30H41F2N3O2. The van der Waals surface area contributed by atoms with Crippen LogP contribution in [-0.4, -0.2) is 35.9 Å². The molecular weight excluding hydrogens is 472 g/mol. The molecule has 2 fully saturated rings. The summed E-state index contributed by atoms with van der Waals surface area (Å²) in [4.78, 5) is 12.6. The van der Waals surface area contributed by atoms with Crippen molar-refractivity contribution in [2.75, 3.05) is 6.54 Å². The molecule has 0 saturated heterocycles. The fraction of sp³-hybridized carbons (Fsp3) is 0.567. The van der Waals surface area contributed by atoms with Crippen molar-refractivity contribution >= 4 is 6.03 Å². The number of halogens is 2. The van der Waals surface area contributed by atoms with Crippen LogP contribution < -0.4 is 16.0 Å². The molecule has 0 bridgehead atoms. The molecule has 5 nitrogen and oxygen atoms in total. The van der Waals surface area contributed by atoms with E-state index in [9.17, 15) is 18.7 Å². The van der Waals surface area contributed by atoms with Crippen molar-refractivity contribution in [3.8, 4) is 0 Å². The summed E-state index contributed by atoms with van der Waals surface area (Å²) in [5.41, 5.74) is 2.62. The summed E-state index contributed by atoms with van der Waals surface area (Å²) in [5, 5.41) is 20.7. The minimum Gasteiger partial charge on any atom is -0.390 e. The van der Waals surface area contributed by atoms with E-state index in [-0.39, 0.29) is 36.0 Å². The number of rotatable bonds is 9. The summed E-state index contributed by atoms with van der Waals surface area (Å²) in [7, 11) is 0. The minimum atomic E-state index is -0.958. The highest BCUT2D eigenvalue weighted by atomic mass is 19.1. The first-order valence-corrected chi connectivity index (χ1v) is 13.6. The largest absolute Gasteiger partial charge is 0.390 e. The van der Waals surface area contributed by atoms with E-state index in [4.69, 9.17) is 0 Å². The maximum absolute atomic E-state index is 13.9. The second-order valence-electron chi connectivity index (χ2n) is 11.9. The number of hydrogen-bond acceptors (Lipinski definition) is 3. The zero-order chi connectivity index (χ0) is 26.6. The number of aliphatic hydroxyl groups is 1. The van der Waals surface area contributed by atoms with Gasteiger partial charge in [0.05, 0.1) is 12.1 Å². The normalized spacial score (nSPS) is 19.2. The fourth-order valence-corrected chi connectivity index (χ4v) is 5.34. The third-order valence-electron chi connectivity index (χ3n) is 7.71. The van der Waals surface area contributed by atoms with Gasteiger partial charge in [0.1, 0.15) is 11.6 Å². The first kappa shape index (κ1) is 27.5. The molecule has 0 aromatic heterocycles. The smallest absolute Gasteiger partial charge is 0.315 e. The molecule has 2 aromatic rings. The quantitative estimate of drug-likeness (QED) is 0.361. The Kier molecular flexibility index (Phi) is 8.54. The van der Waals surface area contributed by atoms with Gasteiger partial charge in [-0.1, -0.05) is 64.3 Å². The molecule has 4 N–H and O–H groups in total. The molecule has 2 saturated carbocycles. The summed E-state index contributed by atoms with van der Waals surface area (Å²) >= 11 is 0. The van der Waals surface area contributed by atoms with Crippen LogP contribution in [0.25, 0.3) is 0 Å². The second-order valence-corrected chi connectivity index (χ2v) is 11.9. The van der Waals surface area contributed by atoms with E-state index in [1.165, 1.54) is 29.7 Å². The van der Waals surface area contributed by atoms with Gasteiger partial charge < -0.3 is 21.1 Å². The number of urea groups is 1. The van der Waals surface area contributed by atoms with Gasteiger partial charge in [-0.3, -0.25) is 0 Å². The lowest BCUT2D eigenvalue weighted by Crippen LogP contribution is -2.55. The molecule has 0 heterocycles. The average molecular weight is 514 g/mol. The van der Waals surface area contributed by atoms with Crippen LogP contribution in [0.1, 0.15) is 82.4 Å². The van der Waals surface area contributed by atoms with E-state index in [1.807, 2.05) is 0 Å². The van der Waals surface area contributed by atoms with Crippen LogP contribution in [0.15, 0.2) is 42.5 Å². The van der Waals surface area contributed by atoms with E-state index in [0.29, 0.717) is 5.56 Å². The third kappa shape index (κ3) is 7.51. The lowest BCUT2D eigenvalue weighted by atomic mass is 9.74. The minimum absolute atomic E-state index is 0.0234. The highest BCUT2D eigenvalue weighted by molar-refractivity contribution is 5.75. The number of hydrogen-bond donors (Lipinski definition) is 4. The number of benzene rings is 2. The van der Waals surface area contributed by atoms with Crippen LogP contribution in [0, 0.1) is 11.6 Å². The summed E-state index contributed by atoms with van der Waals surface area (Å²) in [6.07, 6.45) is 6.32. The van der Waals surface area contributed by atoms with E-state index in [2.05, 4.69) is 61.0 Å². The monoisotopic (exact) mass is 513 g/mol. The van der Waals surface area contributed by atoms with Gasteiger partial charge in [0.15, 0.2) is 0 Å². The molecule has 0 aliphatic heterocycles. The summed E-state index contributed by atoms with van der Waals surface area (Å²) in [6.45, 7) is 6.85. The van der Waals surface area contributed by atoms with Gasteiger partial charge in [-0.15, -0.1) is 0 Å². The fourth-order valence-electron chi connectivity index (χ4n) is 5.34. The highest BCUT2D eigenvalue weighted by Gasteiger charge is 2.36. The van der Waals surface area contributed by atoms with Crippen LogP contribution in [0.5, 0.6) is 0 Å². The molecule has 2 aliphatic rings. The Morgan fingerprint density at radius 3 is 2.35 bits per heavy atom. The van der Waals surface area contributed by atoms with E-state index in [1.54, 1.807) is 0 Å². The Bertz CT molecular complexity index is 1050. The summed E-state index contributed by atoms with van der Waals surface area (Å²) < 4.78 is 27.7. The Morgan fingerprint density at radius 2 is 1.73 bits per heavy atom. The zero-order valence-electron chi connectivity index (χ0n) is 22.2.